The highest BCUT2D eigenvalue weighted by Crippen LogP contribution is 2.17. The van der Waals surface area contributed by atoms with Crippen LogP contribution in [0, 0.1) is 18.7 Å². The third-order valence-corrected chi connectivity index (χ3v) is 2.82. The van der Waals surface area contributed by atoms with E-state index in [1.165, 1.54) is 19.1 Å². The van der Waals surface area contributed by atoms with Crippen LogP contribution in [-0.2, 0) is 11.2 Å². The molecule has 1 unspecified atom stereocenters. The summed E-state index contributed by atoms with van der Waals surface area (Å²) in [6.07, 6.45) is 1.04. The van der Waals surface area contributed by atoms with Crippen molar-refractivity contribution in [3.8, 4) is 0 Å². The van der Waals surface area contributed by atoms with Crippen molar-refractivity contribution in [3.05, 3.63) is 35.1 Å². The van der Waals surface area contributed by atoms with Gasteiger partial charge in [0, 0.05) is 12.5 Å². The average molecular weight is 224 g/mol. The Morgan fingerprint density at radius 1 is 1.50 bits per heavy atom. The molecule has 1 aromatic carbocycles. The fourth-order valence-corrected chi connectivity index (χ4v) is 1.76. The molecular formula is C13H17FO2. The number of aliphatic hydroxyl groups is 1. The number of aliphatic hydroxyl groups excluding tert-OH is 1. The Hall–Kier alpha value is -1.22. The van der Waals surface area contributed by atoms with Crippen LogP contribution < -0.4 is 0 Å². The Kier molecular flexibility index (Phi) is 4.62. The number of Topliss-reactive ketones (excluding diaryl/α,β-unsaturated/α-hetero) is 1. The number of aryl methyl sites for hydroxylation is 1. The van der Waals surface area contributed by atoms with E-state index in [2.05, 4.69) is 0 Å². The zero-order valence-electron chi connectivity index (χ0n) is 9.66. The van der Waals surface area contributed by atoms with Crippen molar-refractivity contribution in [3.63, 3.8) is 0 Å². The molecule has 0 aliphatic carbocycles. The van der Waals surface area contributed by atoms with Gasteiger partial charge in [0.1, 0.15) is 11.6 Å². The van der Waals surface area contributed by atoms with Gasteiger partial charge < -0.3 is 5.11 Å². The van der Waals surface area contributed by atoms with Crippen molar-refractivity contribution in [2.24, 2.45) is 5.92 Å². The fraction of sp³-hybridized carbons (Fsp3) is 0.462. The lowest BCUT2D eigenvalue weighted by molar-refractivity contribution is -0.121. The summed E-state index contributed by atoms with van der Waals surface area (Å²) in [6, 6.07) is 4.57. The minimum Gasteiger partial charge on any atom is -0.396 e. The summed E-state index contributed by atoms with van der Waals surface area (Å²) < 4.78 is 12.9. The number of halogens is 1. The summed E-state index contributed by atoms with van der Waals surface area (Å²) in [7, 11) is 0. The van der Waals surface area contributed by atoms with Crippen molar-refractivity contribution < 1.29 is 14.3 Å². The predicted molar refractivity (Wildman–Crippen MR) is 60.7 cm³/mol. The summed E-state index contributed by atoms with van der Waals surface area (Å²) in [6.45, 7) is 3.36. The van der Waals surface area contributed by atoms with Crippen LogP contribution in [0.4, 0.5) is 4.39 Å². The van der Waals surface area contributed by atoms with Gasteiger partial charge in [-0.15, -0.1) is 0 Å². The van der Waals surface area contributed by atoms with Crippen LogP contribution in [0.15, 0.2) is 18.2 Å². The number of rotatable bonds is 5. The summed E-state index contributed by atoms with van der Waals surface area (Å²) in [4.78, 5) is 11.3. The maximum absolute atomic E-state index is 12.9. The van der Waals surface area contributed by atoms with E-state index >= 15 is 0 Å². The van der Waals surface area contributed by atoms with Gasteiger partial charge in [-0.3, -0.25) is 4.79 Å². The van der Waals surface area contributed by atoms with Crippen LogP contribution in [0.5, 0.6) is 0 Å². The third-order valence-electron chi connectivity index (χ3n) is 2.82. The predicted octanol–water partition coefficient (Wildman–Crippen LogP) is 2.26. The fourth-order valence-electron chi connectivity index (χ4n) is 1.76. The molecule has 1 atom stereocenters. The van der Waals surface area contributed by atoms with E-state index in [0.29, 0.717) is 12.8 Å². The molecule has 0 heterocycles. The smallest absolute Gasteiger partial charge is 0.133 e. The number of hydrogen-bond donors (Lipinski definition) is 1. The Bertz CT molecular complexity index is 374. The molecular weight excluding hydrogens is 207 g/mol. The second-order valence-corrected chi connectivity index (χ2v) is 4.09. The highest BCUT2D eigenvalue weighted by Gasteiger charge is 2.15. The minimum absolute atomic E-state index is 0.00445. The lowest BCUT2D eigenvalue weighted by atomic mass is 9.91. The van der Waals surface area contributed by atoms with Crippen molar-refractivity contribution in [2.75, 3.05) is 6.61 Å². The lowest BCUT2D eigenvalue weighted by Gasteiger charge is -2.14. The Balaban J connectivity index is 2.81. The highest BCUT2D eigenvalue weighted by molar-refractivity contribution is 5.78. The van der Waals surface area contributed by atoms with Gasteiger partial charge in [0.2, 0.25) is 0 Å². The first kappa shape index (κ1) is 12.8. The van der Waals surface area contributed by atoms with Gasteiger partial charge in [-0.05, 0) is 49.9 Å². The molecule has 0 aliphatic heterocycles. The zero-order chi connectivity index (χ0) is 12.1. The van der Waals surface area contributed by atoms with Crippen molar-refractivity contribution in [1.82, 2.24) is 0 Å². The molecule has 0 saturated carbocycles. The maximum Gasteiger partial charge on any atom is 0.133 e. The van der Waals surface area contributed by atoms with E-state index in [4.69, 9.17) is 5.11 Å². The van der Waals surface area contributed by atoms with Gasteiger partial charge in [-0.2, -0.15) is 0 Å². The summed E-state index contributed by atoms with van der Waals surface area (Å²) in [5, 5.41) is 8.86. The lowest BCUT2D eigenvalue weighted by Crippen LogP contribution is -2.16. The number of carbonyl (C=O) groups is 1. The molecule has 0 bridgehead atoms. The van der Waals surface area contributed by atoms with Gasteiger partial charge in [0.25, 0.3) is 0 Å². The molecule has 88 valence electrons. The van der Waals surface area contributed by atoms with Gasteiger partial charge >= 0.3 is 0 Å². The molecule has 0 saturated heterocycles. The molecule has 0 aromatic heterocycles. The van der Waals surface area contributed by atoms with Crippen LogP contribution in [0.3, 0.4) is 0 Å². The normalized spacial score (nSPS) is 12.5. The summed E-state index contributed by atoms with van der Waals surface area (Å²) in [5.74, 6) is -0.366. The zero-order valence-corrected chi connectivity index (χ0v) is 9.66. The number of ketones is 1. The minimum atomic E-state index is -0.261. The standard InChI is InChI=1S/C13H17FO2/c1-9-7-13(14)4-3-11(9)8-12(5-6-15)10(2)16/h3-4,7,12,15H,5-6,8H2,1-2H3. The first-order chi connectivity index (χ1) is 7.54. The Morgan fingerprint density at radius 3 is 2.69 bits per heavy atom. The van der Waals surface area contributed by atoms with Crippen LogP contribution >= 0.6 is 0 Å². The average Bonchev–Trinajstić information content (AvgIpc) is 2.20. The highest BCUT2D eigenvalue weighted by atomic mass is 19.1. The molecule has 0 fully saturated rings. The quantitative estimate of drug-likeness (QED) is 0.833. The molecule has 1 N–H and O–H groups in total. The Morgan fingerprint density at radius 2 is 2.19 bits per heavy atom. The molecule has 0 spiro atoms. The largest absolute Gasteiger partial charge is 0.396 e. The van der Waals surface area contributed by atoms with Gasteiger partial charge in [0.15, 0.2) is 0 Å². The molecule has 0 aliphatic rings. The van der Waals surface area contributed by atoms with Crippen LogP contribution in [-0.4, -0.2) is 17.5 Å². The van der Waals surface area contributed by atoms with Crippen molar-refractivity contribution in [1.29, 1.82) is 0 Å². The first-order valence-corrected chi connectivity index (χ1v) is 5.41. The van der Waals surface area contributed by atoms with E-state index in [9.17, 15) is 9.18 Å². The molecule has 2 nitrogen and oxygen atoms in total. The SMILES string of the molecule is CC(=O)C(CCO)Cc1ccc(F)cc1C. The van der Waals surface area contributed by atoms with Crippen molar-refractivity contribution >= 4 is 5.78 Å². The van der Waals surface area contributed by atoms with E-state index in [1.807, 2.05) is 6.92 Å². The van der Waals surface area contributed by atoms with Gasteiger partial charge in [0.05, 0.1) is 0 Å². The van der Waals surface area contributed by atoms with E-state index in [0.717, 1.165) is 11.1 Å². The molecule has 16 heavy (non-hydrogen) atoms. The Labute approximate surface area is 95.1 Å². The maximum atomic E-state index is 12.9. The van der Waals surface area contributed by atoms with Crippen LogP contribution in [0.25, 0.3) is 0 Å². The topological polar surface area (TPSA) is 37.3 Å². The van der Waals surface area contributed by atoms with E-state index in [-0.39, 0.29) is 24.1 Å². The van der Waals surface area contributed by atoms with Crippen LogP contribution in [0.2, 0.25) is 0 Å². The first-order valence-electron chi connectivity index (χ1n) is 5.41. The number of carbonyl (C=O) groups excluding carboxylic acids is 1. The number of hydrogen-bond acceptors (Lipinski definition) is 2. The second-order valence-electron chi connectivity index (χ2n) is 4.09. The van der Waals surface area contributed by atoms with Crippen molar-refractivity contribution in [2.45, 2.75) is 26.7 Å². The molecule has 1 aromatic rings. The van der Waals surface area contributed by atoms with Gasteiger partial charge in [-0.25, -0.2) is 4.39 Å². The molecule has 0 radical (unpaired) electrons. The monoisotopic (exact) mass is 224 g/mol. The van der Waals surface area contributed by atoms with E-state index < -0.39 is 0 Å². The molecule has 0 amide bonds. The summed E-state index contributed by atoms with van der Waals surface area (Å²) in [5.41, 5.74) is 1.82. The molecule has 1 rings (SSSR count). The molecule has 3 heteroatoms. The second kappa shape index (κ2) is 5.75. The van der Waals surface area contributed by atoms with Gasteiger partial charge in [-0.1, -0.05) is 6.07 Å². The summed E-state index contributed by atoms with van der Waals surface area (Å²) >= 11 is 0. The van der Waals surface area contributed by atoms with Crippen LogP contribution in [0.1, 0.15) is 24.5 Å². The van der Waals surface area contributed by atoms with E-state index in [1.54, 1.807) is 6.07 Å². The number of benzene rings is 1. The third kappa shape index (κ3) is 3.42.